The molecule has 1 saturated heterocycles. The Hall–Kier alpha value is -2.31. The van der Waals surface area contributed by atoms with Crippen molar-refractivity contribution in [3.8, 4) is 0 Å². The van der Waals surface area contributed by atoms with Crippen LogP contribution in [0.25, 0.3) is 0 Å². The summed E-state index contributed by atoms with van der Waals surface area (Å²) < 4.78 is 1.17. The van der Waals surface area contributed by atoms with Crippen molar-refractivity contribution in [1.29, 1.82) is 0 Å². The monoisotopic (exact) mass is 321 g/mol. The molecule has 1 fully saturated rings. The number of aliphatic carboxylic acids is 1. The fraction of sp³-hybridized carbons (Fsp3) is 0.562. The first-order valence-electron chi connectivity index (χ1n) is 8.03. The molecule has 126 valence electrons. The van der Waals surface area contributed by atoms with Crippen LogP contribution in [0.4, 0.5) is 11.4 Å². The molecule has 1 atom stereocenters. The number of hydrogen-bond acceptors (Lipinski definition) is 4. The molecule has 0 spiro atoms. The van der Waals surface area contributed by atoms with E-state index in [4.69, 9.17) is 5.11 Å². The molecular formula is C16H23N3O4. The fourth-order valence-corrected chi connectivity index (χ4v) is 3.13. The number of carboxylic acids is 1. The van der Waals surface area contributed by atoms with Crippen molar-refractivity contribution in [2.45, 2.75) is 52.6 Å². The Morgan fingerprint density at radius 3 is 2.70 bits per heavy atom. The summed E-state index contributed by atoms with van der Waals surface area (Å²) >= 11 is 0. The van der Waals surface area contributed by atoms with E-state index in [1.54, 1.807) is 13.0 Å². The molecule has 2 aliphatic heterocycles. The minimum Gasteiger partial charge on any atom is -0.480 e. The number of piperidine rings is 1. The van der Waals surface area contributed by atoms with Gasteiger partial charge in [-0.05, 0) is 32.3 Å². The number of rotatable bonds is 2. The molecule has 2 N–H and O–H groups in total. The zero-order chi connectivity index (χ0) is 17.1. The van der Waals surface area contributed by atoms with Gasteiger partial charge in [0, 0.05) is 12.2 Å². The van der Waals surface area contributed by atoms with E-state index in [-0.39, 0.29) is 17.6 Å². The minimum absolute atomic E-state index is 0.176. The first-order chi connectivity index (χ1) is 11.0. The second kappa shape index (κ2) is 6.85. The molecule has 0 aromatic carbocycles. The second-order valence-electron chi connectivity index (χ2n) is 5.53. The summed E-state index contributed by atoms with van der Waals surface area (Å²) in [6.45, 7) is 6.05. The lowest BCUT2D eigenvalue weighted by atomic mass is 9.97. The molecule has 0 radical (unpaired) electrons. The van der Waals surface area contributed by atoms with E-state index in [0.29, 0.717) is 11.4 Å². The number of carbonyl (C=O) groups is 2. The molecule has 3 heterocycles. The lowest BCUT2D eigenvalue weighted by molar-refractivity contribution is -0.137. The van der Waals surface area contributed by atoms with Crippen LogP contribution in [0, 0.1) is 6.92 Å². The first kappa shape index (κ1) is 17.1. The third-order valence-electron chi connectivity index (χ3n) is 4.14. The number of pyridine rings is 1. The Kier molecular flexibility index (Phi) is 5.08. The third kappa shape index (κ3) is 3.09. The van der Waals surface area contributed by atoms with Gasteiger partial charge in [-0.3, -0.25) is 19.0 Å². The molecule has 0 bridgehead atoms. The minimum atomic E-state index is -1.09. The molecule has 23 heavy (non-hydrogen) atoms. The lowest BCUT2D eigenvalue weighted by Gasteiger charge is -2.41. The topological polar surface area (TPSA) is 91.6 Å². The number of nitrogens with one attached hydrogen (secondary N) is 1. The van der Waals surface area contributed by atoms with Crippen LogP contribution in [0.3, 0.4) is 0 Å². The van der Waals surface area contributed by atoms with Crippen molar-refractivity contribution in [2.75, 3.05) is 16.8 Å². The Labute approximate surface area is 134 Å². The van der Waals surface area contributed by atoms with Crippen molar-refractivity contribution in [3.63, 3.8) is 0 Å². The zero-order valence-corrected chi connectivity index (χ0v) is 13.8. The Balaban J connectivity index is 0.000000924. The van der Waals surface area contributed by atoms with E-state index in [9.17, 15) is 14.4 Å². The van der Waals surface area contributed by atoms with Crippen molar-refractivity contribution in [3.05, 3.63) is 22.1 Å². The van der Waals surface area contributed by atoms with Gasteiger partial charge in [0.1, 0.15) is 18.3 Å². The largest absolute Gasteiger partial charge is 0.480 e. The van der Waals surface area contributed by atoms with Crippen LogP contribution in [0.2, 0.25) is 0 Å². The standard InChI is InChI=1S/C14H17N3O4.C2H6/c1-8-6-10-12(14(21)17(8)7-11(18)19)15-13(20)9-4-2-3-5-16(9)10;1-2/h6,9H,2-5,7H2,1H3,(H,15,20)(H,18,19);1-2H3/t9-;/m0./s1. The van der Waals surface area contributed by atoms with E-state index < -0.39 is 18.1 Å². The Bertz CT molecular complexity index is 681. The van der Waals surface area contributed by atoms with Crippen LogP contribution in [0.5, 0.6) is 0 Å². The summed E-state index contributed by atoms with van der Waals surface area (Å²) in [5.41, 5.74) is 1.04. The van der Waals surface area contributed by atoms with Gasteiger partial charge in [-0.1, -0.05) is 13.8 Å². The average molecular weight is 321 g/mol. The molecule has 0 aliphatic carbocycles. The van der Waals surface area contributed by atoms with E-state index >= 15 is 0 Å². The van der Waals surface area contributed by atoms with E-state index in [1.165, 1.54) is 4.57 Å². The molecule has 0 saturated carbocycles. The number of carboxylic acid groups (broad SMARTS) is 1. The highest BCUT2D eigenvalue weighted by molar-refractivity contribution is 6.03. The van der Waals surface area contributed by atoms with Gasteiger partial charge in [0.15, 0.2) is 0 Å². The van der Waals surface area contributed by atoms with Crippen molar-refractivity contribution < 1.29 is 14.7 Å². The van der Waals surface area contributed by atoms with Gasteiger partial charge >= 0.3 is 5.97 Å². The van der Waals surface area contributed by atoms with Gasteiger partial charge in [0.25, 0.3) is 5.56 Å². The number of nitrogens with zero attached hydrogens (tertiary/aromatic N) is 2. The van der Waals surface area contributed by atoms with Crippen LogP contribution >= 0.6 is 0 Å². The van der Waals surface area contributed by atoms with Gasteiger partial charge < -0.3 is 15.3 Å². The van der Waals surface area contributed by atoms with Gasteiger partial charge in [-0.25, -0.2) is 0 Å². The number of anilines is 2. The Morgan fingerprint density at radius 2 is 2.04 bits per heavy atom. The summed E-state index contributed by atoms with van der Waals surface area (Å²) in [7, 11) is 0. The van der Waals surface area contributed by atoms with Crippen LogP contribution < -0.4 is 15.8 Å². The van der Waals surface area contributed by atoms with E-state index in [2.05, 4.69) is 5.32 Å². The predicted molar refractivity (Wildman–Crippen MR) is 88.0 cm³/mol. The molecule has 0 unspecified atom stereocenters. The van der Waals surface area contributed by atoms with E-state index in [1.807, 2.05) is 18.7 Å². The maximum atomic E-state index is 12.4. The van der Waals surface area contributed by atoms with Crippen molar-refractivity contribution >= 4 is 23.3 Å². The number of amides is 1. The number of carbonyl (C=O) groups excluding carboxylic acids is 1. The molecule has 1 amide bonds. The van der Waals surface area contributed by atoms with Gasteiger partial charge in [0.2, 0.25) is 5.91 Å². The van der Waals surface area contributed by atoms with Gasteiger partial charge in [-0.2, -0.15) is 0 Å². The zero-order valence-electron chi connectivity index (χ0n) is 13.8. The number of fused-ring (bicyclic) bond motifs is 3. The summed E-state index contributed by atoms with van der Waals surface area (Å²) in [4.78, 5) is 37.4. The molecule has 3 rings (SSSR count). The first-order valence-corrected chi connectivity index (χ1v) is 8.03. The second-order valence-corrected chi connectivity index (χ2v) is 5.53. The van der Waals surface area contributed by atoms with Crippen LogP contribution in [-0.2, 0) is 16.1 Å². The smallest absolute Gasteiger partial charge is 0.323 e. The van der Waals surface area contributed by atoms with Crippen molar-refractivity contribution in [1.82, 2.24) is 4.57 Å². The molecular weight excluding hydrogens is 298 g/mol. The highest BCUT2D eigenvalue weighted by Crippen LogP contribution is 2.34. The fourth-order valence-electron chi connectivity index (χ4n) is 3.13. The maximum Gasteiger partial charge on any atom is 0.323 e. The molecule has 1 aromatic rings. The van der Waals surface area contributed by atoms with E-state index in [0.717, 1.165) is 25.8 Å². The summed E-state index contributed by atoms with van der Waals surface area (Å²) in [5.74, 6) is -1.26. The van der Waals surface area contributed by atoms with Crippen molar-refractivity contribution in [2.24, 2.45) is 0 Å². The maximum absolute atomic E-state index is 12.4. The average Bonchev–Trinajstić information content (AvgIpc) is 2.55. The normalized spacial score (nSPS) is 19.0. The van der Waals surface area contributed by atoms with Crippen LogP contribution in [0.15, 0.2) is 10.9 Å². The molecule has 1 aromatic heterocycles. The lowest BCUT2D eigenvalue weighted by Crippen LogP contribution is -2.52. The third-order valence-corrected chi connectivity index (χ3v) is 4.14. The summed E-state index contributed by atoms with van der Waals surface area (Å²) in [5, 5.41) is 11.6. The summed E-state index contributed by atoms with van der Waals surface area (Å²) in [6.07, 6.45) is 2.77. The molecule has 7 nitrogen and oxygen atoms in total. The SMILES string of the molecule is CC.Cc1cc2c(c(=O)n1CC(=O)O)NC(=O)[C@@H]1CCCCN21. The predicted octanol–water partition coefficient (Wildman–Crippen LogP) is 1.58. The summed E-state index contributed by atoms with van der Waals surface area (Å²) in [6, 6.07) is 1.57. The highest BCUT2D eigenvalue weighted by Gasteiger charge is 2.36. The number of aromatic nitrogens is 1. The van der Waals surface area contributed by atoms with Crippen LogP contribution in [-0.4, -0.2) is 34.1 Å². The molecule has 2 aliphatic rings. The number of aryl methyl sites for hydroxylation is 1. The van der Waals surface area contributed by atoms with Crippen LogP contribution in [0.1, 0.15) is 38.8 Å². The number of hydrogen-bond donors (Lipinski definition) is 2. The highest BCUT2D eigenvalue weighted by atomic mass is 16.4. The van der Waals surface area contributed by atoms with Gasteiger partial charge in [-0.15, -0.1) is 0 Å². The van der Waals surface area contributed by atoms with Gasteiger partial charge in [0.05, 0.1) is 5.69 Å². The molecule has 7 heteroatoms. The quantitative estimate of drug-likeness (QED) is 0.863. The Morgan fingerprint density at radius 1 is 1.35 bits per heavy atom.